The Balaban J connectivity index is 2.45. The van der Waals surface area contributed by atoms with Crippen LogP contribution in [-0.4, -0.2) is 15.6 Å². The second-order valence-electron chi connectivity index (χ2n) is 6.47. The molecule has 0 spiro atoms. The van der Waals surface area contributed by atoms with Gasteiger partial charge in [0.25, 0.3) is 0 Å². The van der Waals surface area contributed by atoms with Crippen LogP contribution in [0.1, 0.15) is 35.9 Å². The second-order valence-corrected chi connectivity index (χ2v) is 8.15. The Morgan fingerprint density at radius 1 is 1.12 bits per heavy atom. The number of aromatic carboxylic acids is 1. The number of hydrogen-bond acceptors (Lipinski definition) is 1. The van der Waals surface area contributed by atoms with Crippen LogP contribution in [0.5, 0.6) is 0 Å². The molecule has 0 aliphatic carbocycles. The molecule has 26 heavy (non-hydrogen) atoms. The molecule has 3 nitrogen and oxygen atoms in total. The summed E-state index contributed by atoms with van der Waals surface area (Å²) in [5.41, 5.74) is 4.63. The van der Waals surface area contributed by atoms with Gasteiger partial charge >= 0.3 is 5.97 Å². The van der Waals surface area contributed by atoms with E-state index in [0.717, 1.165) is 31.6 Å². The van der Waals surface area contributed by atoms with E-state index >= 15 is 0 Å². The summed E-state index contributed by atoms with van der Waals surface area (Å²) < 4.78 is 3.16. The van der Waals surface area contributed by atoms with Crippen molar-refractivity contribution >= 4 is 40.2 Å². The summed E-state index contributed by atoms with van der Waals surface area (Å²) in [4.78, 5) is 12.1. The summed E-state index contributed by atoms with van der Waals surface area (Å²) in [7, 11) is 0. The largest absolute Gasteiger partial charge is 0.478 e. The number of rotatable bonds is 4. The molecule has 0 amide bonds. The number of hydrogen-bond donors (Lipinski definition) is 1. The maximum Gasteiger partial charge on any atom is 0.338 e. The van der Waals surface area contributed by atoms with Crippen LogP contribution in [0.3, 0.4) is 0 Å². The Labute approximate surface area is 171 Å². The quantitative estimate of drug-likeness (QED) is 0.425. The lowest BCUT2D eigenvalue weighted by atomic mass is 9.97. The van der Waals surface area contributed by atoms with Gasteiger partial charge in [-0.05, 0) is 78.8 Å². The van der Waals surface area contributed by atoms with E-state index in [2.05, 4.69) is 41.0 Å². The summed E-state index contributed by atoms with van der Waals surface area (Å²) in [6, 6.07) is 15.6. The number of carboxylic acid groups (broad SMARTS) is 1. The van der Waals surface area contributed by atoms with Crippen LogP contribution in [-0.2, 0) is 0 Å². The number of halogens is 2. The minimum Gasteiger partial charge on any atom is -0.478 e. The van der Waals surface area contributed by atoms with E-state index in [0.29, 0.717) is 10.6 Å². The van der Waals surface area contributed by atoms with Gasteiger partial charge in [0.1, 0.15) is 0 Å². The van der Waals surface area contributed by atoms with E-state index in [1.165, 1.54) is 0 Å². The van der Waals surface area contributed by atoms with Crippen molar-refractivity contribution in [1.82, 2.24) is 4.57 Å². The first-order valence-corrected chi connectivity index (χ1v) is 9.77. The van der Waals surface area contributed by atoms with Crippen molar-refractivity contribution in [2.45, 2.75) is 26.8 Å². The Hall–Kier alpha value is -1.79. The molecule has 0 aliphatic heterocycles. The van der Waals surface area contributed by atoms with Crippen molar-refractivity contribution in [3.05, 3.63) is 68.4 Å². The Bertz CT molecular complexity index is 974. The monoisotopic (exact) mass is 479 g/mol. The van der Waals surface area contributed by atoms with E-state index < -0.39 is 5.97 Å². The number of aromatic nitrogens is 1. The van der Waals surface area contributed by atoms with Gasteiger partial charge in [-0.25, -0.2) is 4.79 Å². The molecule has 0 saturated carbocycles. The molecule has 1 N–H and O–H groups in total. The van der Waals surface area contributed by atoms with Gasteiger partial charge in [0, 0.05) is 25.9 Å². The van der Waals surface area contributed by atoms with Crippen LogP contribution in [0.2, 0.25) is 5.02 Å². The maximum absolute atomic E-state index is 12.1. The lowest BCUT2D eigenvalue weighted by molar-refractivity contribution is 0.0696. The highest BCUT2D eigenvalue weighted by Gasteiger charge is 2.27. The van der Waals surface area contributed by atoms with Crippen molar-refractivity contribution in [1.29, 1.82) is 0 Å². The summed E-state index contributed by atoms with van der Waals surface area (Å²) >= 11 is 8.31. The molecule has 1 heterocycles. The van der Waals surface area contributed by atoms with Crippen molar-refractivity contribution in [2.75, 3.05) is 0 Å². The molecule has 0 bridgehead atoms. The normalized spacial score (nSPS) is 11.2. The van der Waals surface area contributed by atoms with Crippen LogP contribution in [0.15, 0.2) is 48.5 Å². The third kappa shape index (κ3) is 3.40. The zero-order valence-electron chi connectivity index (χ0n) is 14.8. The van der Waals surface area contributed by atoms with Crippen molar-refractivity contribution in [2.24, 2.45) is 0 Å². The van der Waals surface area contributed by atoms with Gasteiger partial charge in [-0.3, -0.25) is 0 Å². The lowest BCUT2D eigenvalue weighted by Gasteiger charge is -2.17. The maximum atomic E-state index is 12.1. The van der Waals surface area contributed by atoms with Crippen LogP contribution in [0, 0.1) is 10.5 Å². The number of nitrogens with zero attached hydrogens (tertiary/aromatic N) is 1. The predicted octanol–water partition coefficient (Wildman–Crippen LogP) is 6.67. The predicted molar refractivity (Wildman–Crippen MR) is 115 cm³/mol. The van der Waals surface area contributed by atoms with E-state index in [9.17, 15) is 9.90 Å². The first-order valence-electron chi connectivity index (χ1n) is 8.31. The van der Waals surface area contributed by atoms with E-state index in [1.807, 2.05) is 55.5 Å². The molecule has 3 rings (SSSR count). The highest BCUT2D eigenvalue weighted by atomic mass is 127. The Kier molecular flexibility index (Phi) is 5.44. The summed E-state index contributed by atoms with van der Waals surface area (Å²) in [5.74, 6) is -0.911. The Morgan fingerprint density at radius 2 is 1.77 bits per heavy atom. The van der Waals surface area contributed by atoms with E-state index in [4.69, 9.17) is 11.6 Å². The Morgan fingerprint density at radius 3 is 2.31 bits per heavy atom. The average Bonchev–Trinajstić information content (AvgIpc) is 2.89. The fourth-order valence-electron chi connectivity index (χ4n) is 3.43. The third-order valence-corrected chi connectivity index (χ3v) is 5.34. The van der Waals surface area contributed by atoms with Gasteiger partial charge in [0.2, 0.25) is 0 Å². The molecule has 0 unspecified atom stereocenters. The van der Waals surface area contributed by atoms with Gasteiger partial charge in [0.05, 0.1) is 11.3 Å². The van der Waals surface area contributed by atoms with E-state index in [-0.39, 0.29) is 6.04 Å². The minimum atomic E-state index is -0.911. The van der Waals surface area contributed by atoms with E-state index in [1.54, 1.807) is 0 Å². The minimum absolute atomic E-state index is 0.121. The fraction of sp³-hybridized carbons (Fsp3) is 0.190. The third-order valence-electron chi connectivity index (χ3n) is 4.41. The molecule has 134 valence electrons. The van der Waals surface area contributed by atoms with Crippen LogP contribution in [0.25, 0.3) is 22.4 Å². The number of carbonyl (C=O) groups is 1. The molecular weight excluding hydrogens is 461 g/mol. The summed E-state index contributed by atoms with van der Waals surface area (Å²) in [6.45, 7) is 6.01. The summed E-state index contributed by atoms with van der Waals surface area (Å²) in [5, 5.41) is 10.6. The highest BCUT2D eigenvalue weighted by molar-refractivity contribution is 14.1. The lowest BCUT2D eigenvalue weighted by Crippen LogP contribution is -2.06. The molecule has 0 radical (unpaired) electrons. The zero-order valence-corrected chi connectivity index (χ0v) is 17.7. The topological polar surface area (TPSA) is 42.2 Å². The SMILES string of the molecule is Cc1c(C(=O)O)c(-c2cccc(I)c2)c(-c2ccc(Cl)cc2)n1C(C)C. The molecule has 0 fully saturated rings. The number of benzene rings is 2. The molecular formula is C21H19ClINO2. The van der Waals surface area contributed by atoms with Crippen molar-refractivity contribution < 1.29 is 9.90 Å². The first kappa shape index (κ1) is 19.0. The smallest absolute Gasteiger partial charge is 0.338 e. The van der Waals surface area contributed by atoms with Crippen molar-refractivity contribution in [3.63, 3.8) is 0 Å². The van der Waals surface area contributed by atoms with Crippen molar-refractivity contribution in [3.8, 4) is 22.4 Å². The van der Waals surface area contributed by atoms with Gasteiger partial charge in [-0.1, -0.05) is 35.9 Å². The zero-order chi connectivity index (χ0) is 19.0. The first-order chi connectivity index (χ1) is 12.3. The van der Waals surface area contributed by atoms with Gasteiger partial charge in [-0.2, -0.15) is 0 Å². The van der Waals surface area contributed by atoms with Crippen LogP contribution < -0.4 is 0 Å². The van der Waals surface area contributed by atoms with Crippen LogP contribution in [0.4, 0.5) is 0 Å². The number of carboxylic acids is 1. The molecule has 0 aliphatic rings. The standard InChI is InChI=1S/C21H19ClINO2/c1-12(2)24-13(3)18(21(25)26)19(15-5-4-6-17(23)11-15)20(24)14-7-9-16(22)10-8-14/h4-12H,1-3H3,(H,25,26). The van der Waals surface area contributed by atoms with Crippen LogP contribution >= 0.6 is 34.2 Å². The average molecular weight is 480 g/mol. The second kappa shape index (κ2) is 7.45. The van der Waals surface area contributed by atoms with Gasteiger partial charge in [-0.15, -0.1) is 0 Å². The molecule has 1 aromatic heterocycles. The molecule has 0 atom stereocenters. The fourth-order valence-corrected chi connectivity index (χ4v) is 4.10. The molecule has 3 aromatic rings. The van der Waals surface area contributed by atoms with Gasteiger partial charge in [0.15, 0.2) is 0 Å². The molecule has 0 saturated heterocycles. The highest BCUT2D eigenvalue weighted by Crippen LogP contribution is 2.41. The molecule has 5 heteroatoms. The summed E-state index contributed by atoms with van der Waals surface area (Å²) in [6.07, 6.45) is 0. The van der Waals surface area contributed by atoms with Gasteiger partial charge < -0.3 is 9.67 Å². The molecule has 2 aromatic carbocycles.